The smallest absolute Gasteiger partial charge is 0.250 e. The zero-order chi connectivity index (χ0) is 20.4. The molecular formula is C19H19ClN2O5S2. The van der Waals surface area contributed by atoms with Crippen molar-refractivity contribution in [2.45, 2.75) is 23.1 Å². The third kappa shape index (κ3) is 4.58. The van der Waals surface area contributed by atoms with E-state index in [4.69, 9.17) is 21.1 Å². The molecule has 7 nitrogen and oxygen atoms in total. The van der Waals surface area contributed by atoms with Crippen LogP contribution in [0, 0.1) is 0 Å². The van der Waals surface area contributed by atoms with E-state index in [1.807, 2.05) is 0 Å². The Morgan fingerprint density at radius 2 is 2.07 bits per heavy atom. The largest absolute Gasteiger partial charge is 0.454 e. The van der Waals surface area contributed by atoms with E-state index in [0.717, 1.165) is 5.56 Å². The Balaban J connectivity index is 1.32. The number of carbonyl (C=O) groups is 1. The van der Waals surface area contributed by atoms with Gasteiger partial charge in [0.1, 0.15) is 4.21 Å². The number of carbonyl (C=O) groups excluding carboxylic acids is 1. The topological polar surface area (TPSA) is 84.9 Å². The van der Waals surface area contributed by atoms with Crippen LogP contribution in [0.3, 0.4) is 0 Å². The highest BCUT2D eigenvalue weighted by Gasteiger charge is 2.26. The van der Waals surface area contributed by atoms with Gasteiger partial charge < -0.3 is 14.4 Å². The van der Waals surface area contributed by atoms with Crippen LogP contribution in [0.25, 0.3) is 6.08 Å². The summed E-state index contributed by atoms with van der Waals surface area (Å²) in [5.41, 5.74) is 0.742. The summed E-state index contributed by atoms with van der Waals surface area (Å²) in [4.78, 5) is 14.2. The van der Waals surface area contributed by atoms with Crippen molar-refractivity contribution in [2.24, 2.45) is 0 Å². The van der Waals surface area contributed by atoms with E-state index < -0.39 is 10.0 Å². The number of sulfonamides is 1. The maximum atomic E-state index is 12.5. The van der Waals surface area contributed by atoms with E-state index in [0.29, 0.717) is 46.7 Å². The number of likely N-dealkylation sites (tertiary alicyclic amines) is 1. The van der Waals surface area contributed by atoms with Gasteiger partial charge in [0.05, 0.1) is 5.02 Å². The van der Waals surface area contributed by atoms with Crippen molar-refractivity contribution >= 4 is 44.9 Å². The van der Waals surface area contributed by atoms with Crippen LogP contribution in [0.5, 0.6) is 11.5 Å². The first-order valence-electron chi connectivity index (χ1n) is 9.04. The van der Waals surface area contributed by atoms with Crippen LogP contribution in [0.2, 0.25) is 5.02 Å². The Bertz CT molecular complexity index is 1030. The molecule has 0 spiro atoms. The number of fused-ring (bicyclic) bond motifs is 1. The highest BCUT2D eigenvalue weighted by molar-refractivity contribution is 7.91. The molecule has 0 saturated carbocycles. The molecule has 0 unspecified atom stereocenters. The van der Waals surface area contributed by atoms with E-state index in [1.165, 1.54) is 17.4 Å². The van der Waals surface area contributed by atoms with Crippen LogP contribution < -0.4 is 14.2 Å². The molecule has 10 heteroatoms. The second-order valence-electron chi connectivity index (χ2n) is 6.72. The molecule has 1 aromatic carbocycles. The van der Waals surface area contributed by atoms with Crippen LogP contribution in [0.15, 0.2) is 39.9 Å². The standard InChI is InChI=1S/C19H19ClN2O5S2/c20-15-10-13(11-16-19(15)27-12-26-16)3-4-17(23)22-7-5-14(6-8-22)21-29(24,25)18-2-1-9-28-18/h1-4,9-11,14,21H,5-8,12H2. The highest BCUT2D eigenvalue weighted by Crippen LogP contribution is 2.40. The molecule has 2 aliphatic rings. The van der Waals surface area contributed by atoms with Gasteiger partial charge in [-0.05, 0) is 48.1 Å². The number of halogens is 1. The first-order chi connectivity index (χ1) is 13.9. The van der Waals surface area contributed by atoms with Crippen molar-refractivity contribution in [3.8, 4) is 11.5 Å². The van der Waals surface area contributed by atoms with Gasteiger partial charge in [-0.25, -0.2) is 13.1 Å². The Labute approximate surface area is 177 Å². The number of hydrogen-bond donors (Lipinski definition) is 1. The van der Waals surface area contributed by atoms with Gasteiger partial charge in [0.15, 0.2) is 11.5 Å². The highest BCUT2D eigenvalue weighted by atomic mass is 35.5. The molecule has 0 radical (unpaired) electrons. The van der Waals surface area contributed by atoms with Crippen LogP contribution in [0.1, 0.15) is 18.4 Å². The molecule has 154 valence electrons. The minimum Gasteiger partial charge on any atom is -0.454 e. The number of piperidine rings is 1. The summed E-state index contributed by atoms with van der Waals surface area (Å²) in [6.07, 6.45) is 4.31. The minimum absolute atomic E-state index is 0.127. The molecule has 29 heavy (non-hydrogen) atoms. The summed E-state index contributed by atoms with van der Waals surface area (Å²) in [5, 5.41) is 2.17. The monoisotopic (exact) mass is 454 g/mol. The van der Waals surface area contributed by atoms with E-state index in [-0.39, 0.29) is 18.7 Å². The predicted molar refractivity (Wildman–Crippen MR) is 111 cm³/mol. The summed E-state index contributed by atoms with van der Waals surface area (Å²) in [6, 6.07) is 6.59. The average Bonchev–Trinajstić information content (AvgIpc) is 3.39. The summed E-state index contributed by atoms with van der Waals surface area (Å²) in [6.45, 7) is 1.11. The van der Waals surface area contributed by atoms with Gasteiger partial charge in [-0.1, -0.05) is 17.7 Å². The fourth-order valence-electron chi connectivity index (χ4n) is 3.27. The molecule has 1 saturated heterocycles. The predicted octanol–water partition coefficient (Wildman–Crippen LogP) is 3.11. The fraction of sp³-hybridized carbons (Fsp3) is 0.316. The number of benzene rings is 1. The van der Waals surface area contributed by atoms with Gasteiger partial charge in [0, 0.05) is 25.2 Å². The van der Waals surface area contributed by atoms with Crippen LogP contribution >= 0.6 is 22.9 Å². The molecule has 1 amide bonds. The SMILES string of the molecule is O=C(C=Cc1cc(Cl)c2c(c1)OCO2)N1CCC(NS(=O)(=O)c2cccs2)CC1. The van der Waals surface area contributed by atoms with Crippen LogP contribution in [-0.2, 0) is 14.8 Å². The minimum atomic E-state index is -3.49. The lowest BCUT2D eigenvalue weighted by Crippen LogP contribution is -2.46. The fourth-order valence-corrected chi connectivity index (χ4v) is 5.86. The Morgan fingerprint density at radius 1 is 1.28 bits per heavy atom. The quantitative estimate of drug-likeness (QED) is 0.701. The van der Waals surface area contributed by atoms with Crippen molar-refractivity contribution in [1.29, 1.82) is 0 Å². The summed E-state index contributed by atoms with van der Waals surface area (Å²) < 4.78 is 38.3. The molecular weight excluding hydrogens is 436 g/mol. The molecule has 1 aromatic heterocycles. The van der Waals surface area contributed by atoms with E-state index in [1.54, 1.807) is 40.6 Å². The lowest BCUT2D eigenvalue weighted by molar-refractivity contribution is -0.126. The van der Waals surface area contributed by atoms with Crippen LogP contribution in [0.4, 0.5) is 0 Å². The van der Waals surface area contributed by atoms with E-state index >= 15 is 0 Å². The van der Waals surface area contributed by atoms with Crippen LogP contribution in [-0.4, -0.2) is 45.1 Å². The maximum Gasteiger partial charge on any atom is 0.250 e. The van der Waals surface area contributed by atoms with Gasteiger partial charge in [0.25, 0.3) is 0 Å². The molecule has 0 aliphatic carbocycles. The molecule has 1 N–H and O–H groups in total. The zero-order valence-electron chi connectivity index (χ0n) is 15.3. The third-order valence-corrected chi connectivity index (χ3v) is 7.96. The Hall–Kier alpha value is -2.07. The summed E-state index contributed by atoms with van der Waals surface area (Å²) in [5.74, 6) is 0.948. The second-order valence-corrected chi connectivity index (χ2v) is 10.0. The molecule has 0 atom stereocenters. The van der Waals surface area contributed by atoms with Gasteiger partial charge in [-0.15, -0.1) is 11.3 Å². The van der Waals surface area contributed by atoms with Crippen molar-refractivity contribution in [3.63, 3.8) is 0 Å². The second kappa shape index (κ2) is 8.35. The molecule has 3 heterocycles. The molecule has 2 aliphatic heterocycles. The average molecular weight is 455 g/mol. The molecule has 1 fully saturated rings. The van der Waals surface area contributed by atoms with Crippen molar-refractivity contribution in [1.82, 2.24) is 9.62 Å². The van der Waals surface area contributed by atoms with Crippen molar-refractivity contribution in [3.05, 3.63) is 46.3 Å². The Kier molecular flexibility index (Phi) is 5.82. The van der Waals surface area contributed by atoms with E-state index in [9.17, 15) is 13.2 Å². The summed E-state index contributed by atoms with van der Waals surface area (Å²) in [7, 11) is -3.49. The number of ether oxygens (including phenoxy) is 2. The van der Waals surface area contributed by atoms with Gasteiger partial charge >= 0.3 is 0 Å². The zero-order valence-corrected chi connectivity index (χ0v) is 17.7. The number of hydrogen-bond acceptors (Lipinski definition) is 6. The maximum absolute atomic E-state index is 12.5. The number of amides is 1. The molecule has 0 bridgehead atoms. The molecule has 4 rings (SSSR count). The van der Waals surface area contributed by atoms with Gasteiger partial charge in [0.2, 0.25) is 22.7 Å². The number of nitrogens with one attached hydrogen (secondary N) is 1. The third-order valence-electron chi connectivity index (χ3n) is 4.76. The lowest BCUT2D eigenvalue weighted by Gasteiger charge is -2.31. The molecule has 2 aromatic rings. The lowest BCUT2D eigenvalue weighted by atomic mass is 10.1. The first kappa shape index (κ1) is 20.2. The van der Waals surface area contributed by atoms with Crippen molar-refractivity contribution in [2.75, 3.05) is 19.9 Å². The number of thiophene rings is 1. The van der Waals surface area contributed by atoms with Crippen molar-refractivity contribution < 1.29 is 22.7 Å². The number of nitrogens with zero attached hydrogens (tertiary/aromatic N) is 1. The Morgan fingerprint density at radius 3 is 2.79 bits per heavy atom. The van der Waals surface area contributed by atoms with E-state index in [2.05, 4.69) is 4.72 Å². The van der Waals surface area contributed by atoms with Gasteiger partial charge in [-0.2, -0.15) is 0 Å². The summed E-state index contributed by atoms with van der Waals surface area (Å²) >= 11 is 7.34. The van der Waals surface area contributed by atoms with Gasteiger partial charge in [-0.3, -0.25) is 4.79 Å². The number of rotatable bonds is 5. The normalized spacial score (nSPS) is 17.2. The first-order valence-corrected chi connectivity index (χ1v) is 11.8.